The van der Waals surface area contributed by atoms with Crippen LogP contribution in [-0.2, 0) is 17.8 Å². The first-order valence-electron chi connectivity index (χ1n) is 15.2. The van der Waals surface area contributed by atoms with Crippen molar-refractivity contribution in [3.05, 3.63) is 88.7 Å². The molecule has 0 aliphatic heterocycles. The molecule has 0 saturated carbocycles. The maximum atomic E-state index is 12.5. The Morgan fingerprint density at radius 3 is 2.00 bits per heavy atom. The van der Waals surface area contributed by atoms with Crippen LogP contribution in [0.2, 0.25) is 5.02 Å². The summed E-state index contributed by atoms with van der Waals surface area (Å²) in [6, 6.07) is 18.0. The summed E-state index contributed by atoms with van der Waals surface area (Å²) in [6.45, 7) is 5.00. The van der Waals surface area contributed by atoms with Crippen LogP contribution < -0.4 is 9.64 Å². The maximum absolute atomic E-state index is 12.5. The van der Waals surface area contributed by atoms with Gasteiger partial charge in [-0.15, -0.1) is 17.0 Å². The maximum Gasteiger partial charge on any atom is 0.224 e. The third kappa shape index (κ3) is 13.4. The molecule has 224 valence electrons. The van der Waals surface area contributed by atoms with E-state index in [2.05, 4.69) is 30.1 Å². The molecule has 1 amide bonds. The summed E-state index contributed by atoms with van der Waals surface area (Å²) in [7, 11) is 0. The lowest BCUT2D eigenvalue weighted by Gasteiger charge is -2.22. The topological polar surface area (TPSA) is 42.4 Å². The van der Waals surface area contributed by atoms with Crippen LogP contribution in [0.25, 0.3) is 0 Å². The van der Waals surface area contributed by atoms with Crippen LogP contribution in [0.1, 0.15) is 108 Å². The van der Waals surface area contributed by atoms with Crippen molar-refractivity contribution in [2.75, 3.05) is 11.5 Å². The third-order valence-corrected chi connectivity index (χ3v) is 7.66. The average molecular weight is 644 g/mol. The largest absolute Gasteiger partial charge is 0.492 e. The Morgan fingerprint density at radius 2 is 1.41 bits per heavy atom. The Morgan fingerprint density at radius 1 is 0.805 bits per heavy atom. The molecule has 4 nitrogen and oxygen atoms in total. The number of rotatable bonds is 19. The van der Waals surface area contributed by atoms with Gasteiger partial charge < -0.3 is 9.64 Å². The number of halogens is 2. The fourth-order valence-electron chi connectivity index (χ4n) is 4.98. The lowest BCUT2D eigenvalue weighted by Crippen LogP contribution is -2.27. The molecule has 0 N–H and O–H groups in total. The summed E-state index contributed by atoms with van der Waals surface area (Å²) in [6.07, 6.45) is 20.3. The Bertz CT molecular complexity index is 1120. The summed E-state index contributed by atoms with van der Waals surface area (Å²) in [5.41, 5.74) is 4.20. The lowest BCUT2D eigenvalue weighted by molar-refractivity contribution is -0.116. The zero-order valence-electron chi connectivity index (χ0n) is 25.0. The Hall–Kier alpha value is -2.37. The van der Waals surface area contributed by atoms with Crippen LogP contribution in [-0.4, -0.2) is 17.5 Å². The zero-order chi connectivity index (χ0) is 28.4. The standard InChI is InChI=1S/C35H47ClN2O2.BrH/c1-3-4-5-6-7-8-9-10-11-12-13-14-24-40-35-26-32(19-22-34(35)36)28-38(29(2)39)33-20-17-30(18-21-33)25-31-16-15-23-37-27-31;/h15-23,26-27H,3-14,24-25,28H2,1-2H3;1H. The molecule has 6 heteroatoms. The fraction of sp³-hybridized carbons (Fsp3) is 0.486. The highest BCUT2D eigenvalue weighted by Crippen LogP contribution is 2.28. The van der Waals surface area contributed by atoms with Gasteiger partial charge in [-0.05, 0) is 59.9 Å². The summed E-state index contributed by atoms with van der Waals surface area (Å²) in [5, 5.41) is 0.608. The van der Waals surface area contributed by atoms with Gasteiger partial charge in [0, 0.05) is 25.0 Å². The van der Waals surface area contributed by atoms with E-state index in [-0.39, 0.29) is 22.9 Å². The Kier molecular flexibility index (Phi) is 17.4. The molecule has 0 bridgehead atoms. The van der Waals surface area contributed by atoms with Crippen molar-refractivity contribution in [2.45, 2.75) is 104 Å². The van der Waals surface area contributed by atoms with E-state index in [1.54, 1.807) is 18.0 Å². The predicted octanol–water partition coefficient (Wildman–Crippen LogP) is 10.5. The van der Waals surface area contributed by atoms with Gasteiger partial charge in [-0.3, -0.25) is 9.78 Å². The SMILES string of the molecule is Br.CCCCCCCCCCCCCCOc1cc(CN(C(C)=O)c2ccc(Cc3cccnc3)cc2)ccc1Cl. The van der Waals surface area contributed by atoms with Gasteiger partial charge in [-0.25, -0.2) is 0 Å². The Balaban J connectivity index is 0.00000588. The number of pyridine rings is 1. The summed E-state index contributed by atoms with van der Waals surface area (Å²) < 4.78 is 6.05. The highest BCUT2D eigenvalue weighted by molar-refractivity contribution is 8.93. The van der Waals surface area contributed by atoms with Gasteiger partial charge in [0.05, 0.1) is 18.2 Å². The van der Waals surface area contributed by atoms with Gasteiger partial charge in [0.1, 0.15) is 5.75 Å². The zero-order valence-corrected chi connectivity index (χ0v) is 27.4. The number of hydrogen-bond donors (Lipinski definition) is 0. The smallest absolute Gasteiger partial charge is 0.224 e. The number of carbonyl (C=O) groups is 1. The van der Waals surface area contributed by atoms with E-state index >= 15 is 0 Å². The third-order valence-electron chi connectivity index (χ3n) is 7.35. The van der Waals surface area contributed by atoms with E-state index in [1.807, 2.05) is 42.6 Å². The lowest BCUT2D eigenvalue weighted by atomic mass is 10.1. The molecule has 41 heavy (non-hydrogen) atoms. The molecule has 0 aliphatic carbocycles. The second-order valence-electron chi connectivity index (χ2n) is 10.8. The average Bonchev–Trinajstić information content (AvgIpc) is 2.96. The van der Waals surface area contributed by atoms with E-state index in [9.17, 15) is 4.79 Å². The van der Waals surface area contributed by atoms with Crippen molar-refractivity contribution in [3.63, 3.8) is 0 Å². The number of hydrogen-bond acceptors (Lipinski definition) is 3. The van der Waals surface area contributed by atoms with Gasteiger partial charge in [-0.1, -0.05) is 113 Å². The number of nitrogens with zero attached hydrogens (tertiary/aromatic N) is 2. The number of ether oxygens (including phenoxy) is 1. The van der Waals surface area contributed by atoms with Crippen LogP contribution in [0.15, 0.2) is 67.0 Å². The van der Waals surface area contributed by atoms with Gasteiger partial charge in [-0.2, -0.15) is 0 Å². The van der Waals surface area contributed by atoms with Crippen LogP contribution >= 0.6 is 28.6 Å². The molecule has 1 heterocycles. The molecule has 2 aromatic carbocycles. The molecule has 1 aromatic heterocycles. The normalized spacial score (nSPS) is 10.7. The molecular formula is C35H48BrClN2O2. The number of anilines is 1. The molecule has 0 fully saturated rings. The minimum absolute atomic E-state index is 0. The number of amides is 1. The van der Waals surface area contributed by atoms with Crippen molar-refractivity contribution in [1.82, 2.24) is 4.98 Å². The second kappa shape index (κ2) is 20.5. The Labute approximate surface area is 263 Å². The van der Waals surface area contributed by atoms with Crippen LogP contribution in [0.4, 0.5) is 5.69 Å². The summed E-state index contributed by atoms with van der Waals surface area (Å²) >= 11 is 6.44. The number of unbranched alkanes of at least 4 members (excludes halogenated alkanes) is 11. The van der Waals surface area contributed by atoms with Crippen LogP contribution in [0.5, 0.6) is 5.75 Å². The van der Waals surface area contributed by atoms with Crippen molar-refractivity contribution in [2.24, 2.45) is 0 Å². The predicted molar refractivity (Wildman–Crippen MR) is 179 cm³/mol. The van der Waals surface area contributed by atoms with Crippen molar-refractivity contribution < 1.29 is 9.53 Å². The first kappa shape index (κ1) is 34.8. The van der Waals surface area contributed by atoms with Crippen molar-refractivity contribution in [1.29, 1.82) is 0 Å². The van der Waals surface area contributed by atoms with Gasteiger partial charge in [0.25, 0.3) is 0 Å². The molecule has 3 aromatic rings. The summed E-state index contributed by atoms with van der Waals surface area (Å²) in [5.74, 6) is 0.687. The number of carbonyl (C=O) groups excluding carboxylic acids is 1. The molecule has 0 aliphatic rings. The van der Waals surface area contributed by atoms with E-state index in [0.29, 0.717) is 23.9 Å². The first-order chi connectivity index (χ1) is 19.6. The number of aromatic nitrogens is 1. The fourth-order valence-corrected chi connectivity index (χ4v) is 5.15. The van der Waals surface area contributed by atoms with Crippen LogP contribution in [0.3, 0.4) is 0 Å². The molecule has 0 saturated heterocycles. The van der Waals surface area contributed by atoms with Crippen molar-refractivity contribution >= 4 is 40.2 Å². The van der Waals surface area contributed by atoms with Gasteiger partial charge in [0.2, 0.25) is 5.91 Å². The minimum atomic E-state index is -0.00563. The van der Waals surface area contributed by atoms with Gasteiger partial charge in [0.15, 0.2) is 0 Å². The summed E-state index contributed by atoms with van der Waals surface area (Å²) in [4.78, 5) is 18.5. The highest BCUT2D eigenvalue weighted by Gasteiger charge is 2.14. The molecular weight excluding hydrogens is 596 g/mol. The van der Waals surface area contributed by atoms with E-state index < -0.39 is 0 Å². The quantitative estimate of drug-likeness (QED) is 0.122. The van der Waals surface area contributed by atoms with E-state index in [0.717, 1.165) is 29.7 Å². The highest BCUT2D eigenvalue weighted by atomic mass is 79.9. The molecule has 0 atom stereocenters. The first-order valence-corrected chi connectivity index (χ1v) is 15.6. The van der Waals surface area contributed by atoms with Crippen LogP contribution in [0, 0.1) is 0 Å². The minimum Gasteiger partial charge on any atom is -0.492 e. The second-order valence-corrected chi connectivity index (χ2v) is 11.2. The van der Waals surface area contributed by atoms with Crippen molar-refractivity contribution in [3.8, 4) is 5.75 Å². The monoisotopic (exact) mass is 642 g/mol. The molecule has 3 rings (SSSR count). The van der Waals surface area contributed by atoms with E-state index in [4.69, 9.17) is 16.3 Å². The van der Waals surface area contributed by atoms with Gasteiger partial charge >= 0.3 is 0 Å². The molecule has 0 spiro atoms. The molecule has 0 radical (unpaired) electrons. The van der Waals surface area contributed by atoms with E-state index in [1.165, 1.54) is 76.2 Å². The molecule has 0 unspecified atom stereocenters. The number of benzene rings is 2.